The lowest BCUT2D eigenvalue weighted by molar-refractivity contribution is 0.464. The summed E-state index contributed by atoms with van der Waals surface area (Å²) in [6, 6.07) is 8.17. The number of hydrogen-bond donors (Lipinski definition) is 0. The second-order valence-corrected chi connectivity index (χ2v) is 11.4. The maximum absolute atomic E-state index is 12.8. The van der Waals surface area contributed by atoms with Crippen LogP contribution in [0.25, 0.3) is 0 Å². The van der Waals surface area contributed by atoms with Gasteiger partial charge in [-0.3, -0.25) is 4.21 Å². The van der Waals surface area contributed by atoms with E-state index in [1.165, 1.54) is 27.4 Å². The molecule has 0 aliphatic rings. The van der Waals surface area contributed by atoms with Crippen LogP contribution < -0.4 is 0 Å². The molecule has 2 rings (SSSR count). The highest BCUT2D eigenvalue weighted by Crippen LogP contribution is 2.19. The number of imidazole rings is 1. The largest absolute Gasteiger partial charge is 0.309 e. The summed E-state index contributed by atoms with van der Waals surface area (Å²) in [4.78, 5) is 4.29. The number of hydrogen-bond acceptors (Lipinski definition) is 7. The van der Waals surface area contributed by atoms with Gasteiger partial charge in [-0.2, -0.15) is 22.3 Å². The molecule has 13 heteroatoms. The molecule has 2 aromatic rings. The molecule has 1 atom stereocenters. The van der Waals surface area contributed by atoms with Crippen LogP contribution in [0, 0.1) is 11.3 Å². The van der Waals surface area contributed by atoms with E-state index in [0.29, 0.717) is 14.4 Å². The van der Waals surface area contributed by atoms with Crippen molar-refractivity contribution in [2.45, 2.75) is 16.5 Å². The number of aromatic nitrogens is 2. The molecule has 0 radical (unpaired) electrons. The van der Waals surface area contributed by atoms with Crippen molar-refractivity contribution in [2.75, 3.05) is 27.4 Å². The molecular formula is C15H19N5O5S3. The van der Waals surface area contributed by atoms with Gasteiger partial charge in [0.1, 0.15) is 6.07 Å². The summed E-state index contributed by atoms with van der Waals surface area (Å²) >= 11 is 0. The number of sulfonamides is 1. The zero-order valence-corrected chi connectivity index (χ0v) is 18.0. The predicted octanol–water partition coefficient (Wildman–Crippen LogP) is -0.0326. The molecule has 10 nitrogen and oxygen atoms in total. The van der Waals surface area contributed by atoms with Gasteiger partial charge in [0.2, 0.25) is 5.82 Å². The molecule has 0 spiro atoms. The summed E-state index contributed by atoms with van der Waals surface area (Å²) < 4.78 is 63.9. The van der Waals surface area contributed by atoms with Crippen molar-refractivity contribution in [3.8, 4) is 6.07 Å². The number of benzene rings is 1. The van der Waals surface area contributed by atoms with E-state index in [4.69, 9.17) is 5.26 Å². The van der Waals surface area contributed by atoms with Crippen LogP contribution in [0.2, 0.25) is 0 Å². The van der Waals surface area contributed by atoms with E-state index in [-0.39, 0.29) is 6.54 Å². The Bertz CT molecular complexity index is 1150. The van der Waals surface area contributed by atoms with E-state index in [0.717, 1.165) is 14.8 Å². The van der Waals surface area contributed by atoms with Crippen molar-refractivity contribution in [1.82, 2.24) is 17.6 Å². The van der Waals surface area contributed by atoms with Crippen LogP contribution in [0.5, 0.6) is 0 Å². The van der Waals surface area contributed by atoms with Gasteiger partial charge in [0.05, 0.1) is 6.20 Å². The maximum atomic E-state index is 12.8. The summed E-state index contributed by atoms with van der Waals surface area (Å²) in [5.74, 6) is -0.560. The van der Waals surface area contributed by atoms with Gasteiger partial charge >= 0.3 is 10.2 Å². The standard InChI is InChI=1S/C15H19N5O5S3/c1-18(2)28(24,25)20-11-15(17-14(20)9-16)27(22,23)19(3)10-12-5-7-13(8-6-12)26(4)21/h5-8,11H,10H2,1-4H3. The lowest BCUT2D eigenvalue weighted by atomic mass is 10.2. The topological polar surface area (TPSA) is 133 Å². The minimum absolute atomic E-state index is 0.0197. The van der Waals surface area contributed by atoms with Gasteiger partial charge in [0, 0.05) is 49.6 Å². The second kappa shape index (κ2) is 8.10. The minimum Gasteiger partial charge on any atom is -0.255 e. The molecule has 0 saturated carbocycles. The van der Waals surface area contributed by atoms with Crippen molar-refractivity contribution in [3.05, 3.63) is 41.9 Å². The fourth-order valence-electron chi connectivity index (χ4n) is 2.18. The Morgan fingerprint density at radius 3 is 2.18 bits per heavy atom. The van der Waals surface area contributed by atoms with Crippen LogP contribution in [0.1, 0.15) is 11.4 Å². The summed E-state index contributed by atoms with van der Waals surface area (Å²) in [6.45, 7) is -0.0197. The highest BCUT2D eigenvalue weighted by Gasteiger charge is 2.29. The molecule has 0 aliphatic carbocycles. The van der Waals surface area contributed by atoms with E-state index in [2.05, 4.69) is 4.98 Å². The Morgan fingerprint density at radius 2 is 1.71 bits per heavy atom. The molecule has 1 heterocycles. The molecule has 0 aliphatic heterocycles. The Labute approximate surface area is 166 Å². The lowest BCUT2D eigenvalue weighted by Gasteiger charge is -2.16. The van der Waals surface area contributed by atoms with Gasteiger partial charge in [-0.15, -0.1) is 0 Å². The zero-order valence-electron chi connectivity index (χ0n) is 15.6. The SMILES string of the molecule is CN(Cc1ccc(S(C)=O)cc1)S(=O)(=O)c1cn(S(=O)(=O)N(C)C)c(C#N)n1. The Hall–Kier alpha value is -2.11. The third kappa shape index (κ3) is 4.31. The van der Waals surface area contributed by atoms with Gasteiger partial charge in [-0.05, 0) is 17.7 Å². The Kier molecular flexibility index (Phi) is 6.41. The first-order valence-electron chi connectivity index (χ1n) is 7.72. The van der Waals surface area contributed by atoms with Gasteiger partial charge in [-0.25, -0.2) is 17.4 Å². The second-order valence-electron chi connectivity index (χ2n) is 5.96. The van der Waals surface area contributed by atoms with Crippen molar-refractivity contribution in [3.63, 3.8) is 0 Å². The van der Waals surface area contributed by atoms with E-state index < -0.39 is 41.9 Å². The molecular weight excluding hydrogens is 426 g/mol. The first-order chi connectivity index (χ1) is 12.9. The Balaban J connectivity index is 2.37. The fraction of sp³-hybridized carbons (Fsp3) is 0.333. The van der Waals surface area contributed by atoms with E-state index in [1.807, 2.05) is 0 Å². The number of nitriles is 1. The predicted molar refractivity (Wildman–Crippen MR) is 102 cm³/mol. The first kappa shape index (κ1) is 22.2. The average molecular weight is 446 g/mol. The molecule has 0 bridgehead atoms. The molecule has 28 heavy (non-hydrogen) atoms. The van der Waals surface area contributed by atoms with Gasteiger partial charge in [0.25, 0.3) is 10.0 Å². The highest BCUT2D eigenvalue weighted by atomic mass is 32.2. The summed E-state index contributed by atoms with van der Waals surface area (Å²) in [6.07, 6.45) is 2.35. The van der Waals surface area contributed by atoms with Crippen LogP contribution >= 0.6 is 0 Å². The summed E-state index contributed by atoms with van der Waals surface area (Å²) in [5.41, 5.74) is 0.640. The van der Waals surface area contributed by atoms with Crippen molar-refractivity contribution in [1.29, 1.82) is 5.26 Å². The molecule has 152 valence electrons. The van der Waals surface area contributed by atoms with Crippen molar-refractivity contribution < 1.29 is 21.0 Å². The maximum Gasteiger partial charge on any atom is 0.309 e. The third-order valence-corrected chi connectivity index (χ3v) is 8.11. The van der Waals surface area contributed by atoms with Gasteiger partial charge in [0.15, 0.2) is 5.03 Å². The average Bonchev–Trinajstić information content (AvgIpc) is 3.08. The number of nitrogens with zero attached hydrogens (tertiary/aromatic N) is 5. The number of rotatable bonds is 7. The smallest absolute Gasteiger partial charge is 0.255 e. The lowest BCUT2D eigenvalue weighted by Crippen LogP contribution is -2.29. The van der Waals surface area contributed by atoms with Crippen LogP contribution in [0.15, 0.2) is 40.4 Å². The first-order valence-corrected chi connectivity index (χ1v) is 12.1. The molecule has 0 fully saturated rings. The third-order valence-electron chi connectivity index (χ3n) is 3.80. The summed E-state index contributed by atoms with van der Waals surface area (Å²) in [7, 11) is -5.58. The van der Waals surface area contributed by atoms with E-state index in [1.54, 1.807) is 30.3 Å². The normalized spacial score (nSPS) is 13.6. The van der Waals surface area contributed by atoms with Crippen molar-refractivity contribution in [2.24, 2.45) is 0 Å². The minimum atomic E-state index is -4.15. The summed E-state index contributed by atoms with van der Waals surface area (Å²) in [5, 5.41) is 8.59. The highest BCUT2D eigenvalue weighted by molar-refractivity contribution is 7.89. The van der Waals surface area contributed by atoms with E-state index in [9.17, 15) is 21.0 Å². The van der Waals surface area contributed by atoms with Crippen LogP contribution in [0.4, 0.5) is 0 Å². The molecule has 1 aromatic heterocycles. The van der Waals surface area contributed by atoms with Gasteiger partial charge < -0.3 is 0 Å². The van der Waals surface area contributed by atoms with E-state index >= 15 is 0 Å². The Morgan fingerprint density at radius 1 is 1.14 bits per heavy atom. The van der Waals surface area contributed by atoms with Gasteiger partial charge in [-0.1, -0.05) is 12.1 Å². The zero-order chi connectivity index (χ0) is 21.3. The monoisotopic (exact) mass is 445 g/mol. The molecule has 0 saturated heterocycles. The van der Waals surface area contributed by atoms with Crippen LogP contribution in [-0.2, 0) is 37.6 Å². The van der Waals surface area contributed by atoms with Crippen LogP contribution in [0.3, 0.4) is 0 Å². The molecule has 0 N–H and O–H groups in total. The molecule has 1 unspecified atom stereocenters. The molecule has 1 aromatic carbocycles. The quantitative estimate of drug-likeness (QED) is 0.584. The molecule has 0 amide bonds. The van der Waals surface area contributed by atoms with Crippen molar-refractivity contribution >= 4 is 31.0 Å². The van der Waals surface area contributed by atoms with Crippen LogP contribution in [-0.4, -0.2) is 66.0 Å². The fourth-order valence-corrected chi connectivity index (χ4v) is 4.73.